The van der Waals surface area contributed by atoms with Gasteiger partial charge in [-0.15, -0.1) is 0 Å². The summed E-state index contributed by atoms with van der Waals surface area (Å²) in [6, 6.07) is 14.3. The maximum atomic E-state index is 12.6. The molecule has 0 saturated carbocycles. The Morgan fingerprint density at radius 1 is 1.05 bits per heavy atom. The van der Waals surface area contributed by atoms with Gasteiger partial charge in [0.15, 0.2) is 5.43 Å². The number of H-pyrrole nitrogens is 1. The number of anilines is 1. The van der Waals surface area contributed by atoms with Crippen molar-refractivity contribution in [1.29, 1.82) is 0 Å². The Bertz CT molecular complexity index is 926. The summed E-state index contributed by atoms with van der Waals surface area (Å²) in [5.41, 5.74) is 3.42. The number of carbonyl (C=O) groups excluding carboxylic acids is 1. The summed E-state index contributed by atoms with van der Waals surface area (Å²) in [5, 5.41) is 3.41. The zero-order valence-corrected chi connectivity index (χ0v) is 12.4. The Kier molecular flexibility index (Phi) is 3.51. The maximum Gasteiger partial charge on any atom is 0.257 e. The van der Waals surface area contributed by atoms with Gasteiger partial charge in [0.05, 0.1) is 11.1 Å². The van der Waals surface area contributed by atoms with Crippen molar-refractivity contribution in [2.24, 2.45) is 0 Å². The third kappa shape index (κ3) is 2.51. The highest BCUT2D eigenvalue weighted by atomic mass is 16.1. The van der Waals surface area contributed by atoms with Crippen LogP contribution in [0.15, 0.2) is 53.3 Å². The predicted octanol–water partition coefficient (Wildman–Crippen LogP) is 3.40. The molecule has 1 amide bonds. The lowest BCUT2D eigenvalue weighted by Crippen LogP contribution is -2.15. The number of carbonyl (C=O) groups is 1. The lowest BCUT2D eigenvalue weighted by atomic mass is 10.1. The van der Waals surface area contributed by atoms with Crippen LogP contribution in [0.2, 0.25) is 0 Å². The van der Waals surface area contributed by atoms with E-state index < -0.39 is 0 Å². The second-order valence-electron chi connectivity index (χ2n) is 5.31. The monoisotopic (exact) mass is 292 g/mol. The van der Waals surface area contributed by atoms with Crippen LogP contribution in [0.3, 0.4) is 0 Å². The zero-order valence-electron chi connectivity index (χ0n) is 12.4. The quantitative estimate of drug-likeness (QED) is 0.760. The molecule has 4 heteroatoms. The molecule has 0 radical (unpaired) electrons. The minimum atomic E-state index is -0.235. The predicted molar refractivity (Wildman–Crippen MR) is 88.4 cm³/mol. The molecule has 0 atom stereocenters. The van der Waals surface area contributed by atoms with Crippen molar-refractivity contribution in [3.63, 3.8) is 0 Å². The molecule has 4 nitrogen and oxygen atoms in total. The molecule has 1 aromatic heterocycles. The maximum absolute atomic E-state index is 12.6. The number of hydrogen-bond donors (Lipinski definition) is 2. The van der Waals surface area contributed by atoms with E-state index >= 15 is 0 Å². The van der Waals surface area contributed by atoms with E-state index in [4.69, 9.17) is 0 Å². The highest BCUT2D eigenvalue weighted by molar-refractivity contribution is 6.12. The third-order valence-corrected chi connectivity index (χ3v) is 3.64. The fraction of sp³-hybridized carbons (Fsp3) is 0.111. The molecule has 0 aliphatic heterocycles. The number of amides is 1. The van der Waals surface area contributed by atoms with E-state index in [2.05, 4.69) is 10.3 Å². The Morgan fingerprint density at radius 3 is 2.59 bits per heavy atom. The summed E-state index contributed by atoms with van der Waals surface area (Å²) >= 11 is 0. The molecule has 2 N–H and O–H groups in total. The molecule has 3 aromatic rings. The van der Waals surface area contributed by atoms with Crippen molar-refractivity contribution in [3.8, 4) is 0 Å². The first-order valence-corrected chi connectivity index (χ1v) is 7.06. The Balaban J connectivity index is 2.09. The van der Waals surface area contributed by atoms with E-state index in [-0.39, 0.29) is 11.3 Å². The van der Waals surface area contributed by atoms with Gasteiger partial charge in [-0.25, -0.2) is 0 Å². The molecule has 110 valence electrons. The number of pyridine rings is 1. The molecule has 0 fully saturated rings. The average molecular weight is 292 g/mol. The molecule has 0 aliphatic rings. The van der Waals surface area contributed by atoms with Crippen LogP contribution < -0.4 is 10.7 Å². The summed E-state index contributed by atoms with van der Waals surface area (Å²) < 4.78 is 0. The fourth-order valence-electron chi connectivity index (χ4n) is 2.49. The standard InChI is InChI=1S/C18H16N2O2/c1-11-6-3-4-9-15(11)20-18(22)14-8-5-7-13-16(21)10-12(2)19-17(13)14/h3-10H,1-2H3,(H,19,21)(H,20,22). The second-order valence-corrected chi connectivity index (χ2v) is 5.31. The average Bonchev–Trinajstić information content (AvgIpc) is 2.49. The van der Waals surface area contributed by atoms with Crippen LogP contribution in [-0.4, -0.2) is 10.9 Å². The molecule has 3 rings (SSSR count). The molecule has 0 bridgehead atoms. The van der Waals surface area contributed by atoms with Crippen LogP contribution in [0.5, 0.6) is 0 Å². The molecule has 2 aromatic carbocycles. The number of rotatable bonds is 2. The number of aromatic nitrogens is 1. The molecule has 0 aliphatic carbocycles. The van der Waals surface area contributed by atoms with E-state index in [0.29, 0.717) is 16.5 Å². The van der Waals surface area contributed by atoms with Crippen molar-refractivity contribution >= 4 is 22.5 Å². The van der Waals surface area contributed by atoms with Crippen molar-refractivity contribution in [2.75, 3.05) is 5.32 Å². The van der Waals surface area contributed by atoms with Crippen LogP contribution in [-0.2, 0) is 0 Å². The van der Waals surface area contributed by atoms with Gasteiger partial charge < -0.3 is 10.3 Å². The Labute approximate surface area is 127 Å². The Morgan fingerprint density at radius 2 is 1.82 bits per heavy atom. The minimum absolute atomic E-state index is 0.0863. The third-order valence-electron chi connectivity index (χ3n) is 3.64. The first-order valence-electron chi connectivity index (χ1n) is 7.06. The summed E-state index contributed by atoms with van der Waals surface area (Å²) in [5.74, 6) is -0.235. The van der Waals surface area contributed by atoms with Crippen LogP contribution in [0.1, 0.15) is 21.6 Å². The molecule has 0 unspecified atom stereocenters. The lowest BCUT2D eigenvalue weighted by molar-refractivity contribution is 0.102. The molecule has 1 heterocycles. The molecular weight excluding hydrogens is 276 g/mol. The summed E-state index contributed by atoms with van der Waals surface area (Å²) in [4.78, 5) is 27.7. The summed E-state index contributed by atoms with van der Waals surface area (Å²) in [6.45, 7) is 3.74. The minimum Gasteiger partial charge on any atom is -0.358 e. The zero-order chi connectivity index (χ0) is 15.7. The van der Waals surface area contributed by atoms with Crippen LogP contribution in [0, 0.1) is 13.8 Å². The van der Waals surface area contributed by atoms with Crippen LogP contribution >= 0.6 is 0 Å². The van der Waals surface area contributed by atoms with Crippen LogP contribution in [0.4, 0.5) is 5.69 Å². The van der Waals surface area contributed by atoms with Gasteiger partial charge >= 0.3 is 0 Å². The largest absolute Gasteiger partial charge is 0.358 e. The number of aromatic amines is 1. The fourth-order valence-corrected chi connectivity index (χ4v) is 2.49. The van der Waals surface area contributed by atoms with Gasteiger partial charge in [-0.1, -0.05) is 24.3 Å². The topological polar surface area (TPSA) is 62.0 Å². The Hall–Kier alpha value is -2.88. The SMILES string of the molecule is Cc1cc(=O)c2cccc(C(=O)Nc3ccccc3C)c2[nH]1. The van der Waals surface area contributed by atoms with E-state index in [9.17, 15) is 9.59 Å². The number of aryl methyl sites for hydroxylation is 2. The molecule has 0 saturated heterocycles. The first-order chi connectivity index (χ1) is 10.6. The number of nitrogens with one attached hydrogen (secondary N) is 2. The normalized spacial score (nSPS) is 10.6. The van der Waals surface area contributed by atoms with Gasteiger partial charge in [0.25, 0.3) is 5.91 Å². The van der Waals surface area contributed by atoms with Crippen molar-refractivity contribution in [3.05, 3.63) is 75.6 Å². The summed E-state index contributed by atoms with van der Waals surface area (Å²) in [6.07, 6.45) is 0. The van der Waals surface area contributed by atoms with Gasteiger partial charge in [-0.3, -0.25) is 9.59 Å². The first kappa shape index (κ1) is 14.1. The number of fused-ring (bicyclic) bond motifs is 1. The smallest absolute Gasteiger partial charge is 0.257 e. The van der Waals surface area contributed by atoms with Gasteiger partial charge in [-0.05, 0) is 37.6 Å². The summed E-state index contributed by atoms with van der Waals surface area (Å²) in [7, 11) is 0. The highest BCUT2D eigenvalue weighted by Gasteiger charge is 2.13. The number of para-hydroxylation sites is 2. The van der Waals surface area contributed by atoms with Gasteiger partial charge in [0, 0.05) is 22.8 Å². The van der Waals surface area contributed by atoms with Gasteiger partial charge in [0.1, 0.15) is 0 Å². The lowest BCUT2D eigenvalue weighted by Gasteiger charge is -2.10. The van der Waals surface area contributed by atoms with E-state index in [0.717, 1.165) is 16.9 Å². The van der Waals surface area contributed by atoms with Gasteiger partial charge in [-0.2, -0.15) is 0 Å². The van der Waals surface area contributed by atoms with Crippen molar-refractivity contribution in [2.45, 2.75) is 13.8 Å². The van der Waals surface area contributed by atoms with E-state index in [1.54, 1.807) is 25.1 Å². The molecule has 0 spiro atoms. The van der Waals surface area contributed by atoms with Crippen molar-refractivity contribution < 1.29 is 4.79 Å². The number of benzene rings is 2. The van der Waals surface area contributed by atoms with E-state index in [1.165, 1.54) is 6.07 Å². The van der Waals surface area contributed by atoms with Gasteiger partial charge in [0.2, 0.25) is 0 Å². The molecule has 22 heavy (non-hydrogen) atoms. The highest BCUT2D eigenvalue weighted by Crippen LogP contribution is 2.18. The van der Waals surface area contributed by atoms with Crippen molar-refractivity contribution in [1.82, 2.24) is 4.98 Å². The number of hydrogen-bond acceptors (Lipinski definition) is 2. The van der Waals surface area contributed by atoms with E-state index in [1.807, 2.05) is 31.2 Å². The van der Waals surface area contributed by atoms with Crippen LogP contribution in [0.25, 0.3) is 10.9 Å². The molecular formula is C18H16N2O2. The second kappa shape index (κ2) is 5.48.